The van der Waals surface area contributed by atoms with Crippen LogP contribution in [0, 0.1) is 35.4 Å². The van der Waals surface area contributed by atoms with Gasteiger partial charge in [0.15, 0.2) is 5.57 Å². The summed E-state index contributed by atoms with van der Waals surface area (Å²) in [4.78, 5) is 13.1. The maximum Gasteiger partial charge on any atom is 0.273 e. The fourth-order valence-corrected chi connectivity index (χ4v) is 3.77. The second kappa shape index (κ2) is 7.59. The van der Waals surface area contributed by atoms with Crippen LogP contribution in [0.5, 0.6) is 0 Å². The molecule has 1 aromatic heterocycles. The third-order valence-electron chi connectivity index (χ3n) is 3.93. The van der Waals surface area contributed by atoms with Crippen molar-refractivity contribution in [1.29, 1.82) is 10.5 Å². The highest BCUT2D eigenvalue weighted by Gasteiger charge is 2.14. The summed E-state index contributed by atoms with van der Waals surface area (Å²) in [6.07, 6.45) is 1.41. The molecule has 3 rings (SSSR count). The van der Waals surface area contributed by atoms with Crippen molar-refractivity contribution in [3.05, 3.63) is 84.0 Å². The number of hydrogen-bond acceptors (Lipinski definition) is 4. The zero-order valence-electron chi connectivity index (χ0n) is 14.0. The summed E-state index contributed by atoms with van der Waals surface area (Å²) >= 11 is 7.13. The highest BCUT2D eigenvalue weighted by molar-refractivity contribution is 7.07. The molecule has 27 heavy (non-hydrogen) atoms. The average molecular weight is 396 g/mol. The first-order chi connectivity index (χ1) is 13.0. The molecule has 2 aromatic carbocycles. The molecule has 0 spiro atoms. The Morgan fingerprint density at radius 2 is 1.89 bits per heavy atom. The normalized spacial score (nSPS) is 11.1. The van der Waals surface area contributed by atoms with E-state index < -0.39 is 11.4 Å². The number of thiazole rings is 1. The summed E-state index contributed by atoms with van der Waals surface area (Å²) in [6, 6.07) is 14.7. The van der Waals surface area contributed by atoms with Crippen molar-refractivity contribution in [2.75, 3.05) is 0 Å². The molecule has 0 amide bonds. The number of rotatable bonds is 2. The average Bonchev–Trinajstić information content (AvgIpc) is 2.97. The van der Waals surface area contributed by atoms with Crippen LogP contribution in [0.4, 0.5) is 4.39 Å². The van der Waals surface area contributed by atoms with Crippen molar-refractivity contribution in [2.24, 2.45) is 0 Å². The van der Waals surface area contributed by atoms with Gasteiger partial charge in [0.2, 0.25) is 0 Å². The van der Waals surface area contributed by atoms with Gasteiger partial charge in [-0.2, -0.15) is 10.5 Å². The fourth-order valence-electron chi connectivity index (χ4n) is 2.56. The van der Waals surface area contributed by atoms with E-state index in [1.54, 1.807) is 43.3 Å². The minimum atomic E-state index is -0.470. The first-order valence-corrected chi connectivity index (χ1v) is 8.95. The summed E-state index contributed by atoms with van der Waals surface area (Å²) in [5.41, 5.74) is 0.687. The third-order valence-corrected chi connectivity index (χ3v) is 5.43. The molecule has 4 nitrogen and oxygen atoms in total. The molecule has 7 heteroatoms. The fraction of sp³-hybridized carbons (Fsp3) is 0.0500. The van der Waals surface area contributed by atoms with Crippen LogP contribution in [-0.2, 0) is 0 Å². The molecule has 0 atom stereocenters. The van der Waals surface area contributed by atoms with Gasteiger partial charge in [0.1, 0.15) is 22.6 Å². The lowest BCUT2D eigenvalue weighted by Crippen LogP contribution is -2.31. The van der Waals surface area contributed by atoms with Gasteiger partial charge in [-0.1, -0.05) is 35.9 Å². The highest BCUT2D eigenvalue weighted by Crippen LogP contribution is 2.20. The molecule has 0 aliphatic rings. The minimum absolute atomic E-state index is 0.179. The van der Waals surface area contributed by atoms with E-state index in [0.29, 0.717) is 16.3 Å². The molecule has 1 heterocycles. The van der Waals surface area contributed by atoms with Crippen molar-refractivity contribution in [1.82, 2.24) is 4.57 Å². The Balaban J connectivity index is 2.47. The van der Waals surface area contributed by atoms with Gasteiger partial charge in [0.05, 0.1) is 10.2 Å². The van der Waals surface area contributed by atoms with Crippen LogP contribution < -0.4 is 14.8 Å². The van der Waals surface area contributed by atoms with Gasteiger partial charge in [-0.05, 0) is 36.8 Å². The van der Waals surface area contributed by atoms with Gasteiger partial charge in [0.25, 0.3) is 5.56 Å². The maximum absolute atomic E-state index is 14.0. The summed E-state index contributed by atoms with van der Waals surface area (Å²) in [7, 11) is 0. The standard InChI is InChI=1S/C20H11ClFN3OS/c1-12-15(21)6-4-8-17(12)25-19(26)18(27-20(25)14(10-23)11-24)9-13-5-2-3-7-16(13)22/h2-9H,1H3/b18-9+. The van der Waals surface area contributed by atoms with E-state index in [9.17, 15) is 19.7 Å². The van der Waals surface area contributed by atoms with Crippen LogP contribution in [0.2, 0.25) is 5.02 Å². The van der Waals surface area contributed by atoms with Gasteiger partial charge in [-0.3, -0.25) is 9.36 Å². The number of benzene rings is 2. The quantitative estimate of drug-likeness (QED) is 0.669. The Bertz CT molecular complexity index is 1290. The molecule has 0 N–H and O–H groups in total. The SMILES string of the molecule is Cc1c(Cl)cccc1-n1c(=C(C#N)C#N)s/c(=C/c2ccccc2F)c1=O. The molecule has 3 aromatic rings. The summed E-state index contributed by atoms with van der Waals surface area (Å²) in [6.45, 7) is 1.74. The number of hydrogen-bond donors (Lipinski definition) is 0. The zero-order valence-corrected chi connectivity index (χ0v) is 15.6. The van der Waals surface area contributed by atoms with E-state index in [1.165, 1.54) is 16.7 Å². The Labute approximate surface area is 162 Å². The van der Waals surface area contributed by atoms with Crippen LogP contribution in [0.15, 0.2) is 47.3 Å². The predicted molar refractivity (Wildman–Crippen MR) is 104 cm³/mol. The minimum Gasteiger partial charge on any atom is -0.267 e. The van der Waals surface area contributed by atoms with Gasteiger partial charge < -0.3 is 0 Å². The molecule has 132 valence electrons. The van der Waals surface area contributed by atoms with E-state index in [0.717, 1.165) is 11.3 Å². The first-order valence-electron chi connectivity index (χ1n) is 7.76. The summed E-state index contributed by atoms with van der Waals surface area (Å²) in [5, 5.41) is 19.0. The highest BCUT2D eigenvalue weighted by atomic mass is 35.5. The lowest BCUT2D eigenvalue weighted by molar-refractivity contribution is 0.625. The van der Waals surface area contributed by atoms with E-state index in [4.69, 9.17) is 11.6 Å². The Hall–Kier alpha value is -3.19. The lowest BCUT2D eigenvalue weighted by Gasteiger charge is -2.07. The second-order valence-corrected chi connectivity index (χ2v) is 7.00. The largest absolute Gasteiger partial charge is 0.273 e. The number of halogens is 2. The molecule has 0 aliphatic carbocycles. The molecule has 0 unspecified atom stereocenters. The summed E-state index contributed by atoms with van der Waals surface area (Å²) in [5.74, 6) is -0.470. The monoisotopic (exact) mass is 395 g/mol. The Kier molecular flexibility index (Phi) is 5.23. The van der Waals surface area contributed by atoms with Gasteiger partial charge in [-0.25, -0.2) is 4.39 Å². The van der Waals surface area contributed by atoms with E-state index in [2.05, 4.69) is 0 Å². The Morgan fingerprint density at radius 3 is 2.56 bits per heavy atom. The summed E-state index contributed by atoms with van der Waals surface area (Å²) < 4.78 is 15.6. The second-order valence-electron chi connectivity index (χ2n) is 5.56. The van der Waals surface area contributed by atoms with Gasteiger partial charge in [-0.15, -0.1) is 11.3 Å². The predicted octanol–water partition coefficient (Wildman–Crippen LogP) is 3.03. The van der Waals surface area contributed by atoms with Gasteiger partial charge >= 0.3 is 0 Å². The number of nitrogens with zero attached hydrogens (tertiary/aromatic N) is 3. The zero-order chi connectivity index (χ0) is 19.6. The van der Waals surface area contributed by atoms with Crippen molar-refractivity contribution in [3.63, 3.8) is 0 Å². The van der Waals surface area contributed by atoms with E-state index in [1.807, 2.05) is 12.1 Å². The topological polar surface area (TPSA) is 69.6 Å². The van der Waals surface area contributed by atoms with Crippen molar-refractivity contribution in [3.8, 4) is 17.8 Å². The maximum atomic E-state index is 14.0. The molecule has 0 saturated carbocycles. The van der Waals surface area contributed by atoms with Crippen LogP contribution >= 0.6 is 22.9 Å². The van der Waals surface area contributed by atoms with Crippen molar-refractivity contribution < 1.29 is 4.39 Å². The molecule has 0 fully saturated rings. The van der Waals surface area contributed by atoms with Crippen LogP contribution in [-0.4, -0.2) is 4.57 Å². The molecule has 0 bridgehead atoms. The number of aromatic nitrogens is 1. The van der Waals surface area contributed by atoms with Crippen molar-refractivity contribution in [2.45, 2.75) is 6.92 Å². The molecule has 0 radical (unpaired) electrons. The molecule has 0 saturated heterocycles. The van der Waals surface area contributed by atoms with Crippen molar-refractivity contribution >= 4 is 34.6 Å². The lowest BCUT2D eigenvalue weighted by atomic mass is 10.2. The van der Waals surface area contributed by atoms with Crippen LogP contribution in [0.3, 0.4) is 0 Å². The molecular weight excluding hydrogens is 385 g/mol. The number of nitriles is 2. The Morgan fingerprint density at radius 1 is 1.19 bits per heavy atom. The van der Waals surface area contributed by atoms with Crippen LogP contribution in [0.1, 0.15) is 11.1 Å². The molecular formula is C20H11ClFN3OS. The molecule has 0 aliphatic heterocycles. The van der Waals surface area contributed by atoms with Gasteiger partial charge in [0, 0.05) is 10.6 Å². The van der Waals surface area contributed by atoms with E-state index >= 15 is 0 Å². The van der Waals surface area contributed by atoms with E-state index in [-0.39, 0.29) is 20.3 Å². The smallest absolute Gasteiger partial charge is 0.267 e. The third kappa shape index (κ3) is 3.41. The van der Waals surface area contributed by atoms with Crippen LogP contribution in [0.25, 0.3) is 17.3 Å². The first kappa shape index (κ1) is 18.6.